The Bertz CT molecular complexity index is 503. The minimum Gasteiger partial charge on any atom is -0.399 e. The van der Waals surface area contributed by atoms with Crippen LogP contribution >= 0.6 is 0 Å². The minimum atomic E-state index is 0.301. The molecule has 0 saturated heterocycles. The largest absolute Gasteiger partial charge is 0.399 e. The van der Waals surface area contributed by atoms with Crippen molar-refractivity contribution in [3.63, 3.8) is 0 Å². The number of anilines is 2. The molecule has 3 N–H and O–H groups in total. The first-order valence-corrected chi connectivity index (χ1v) is 5.47. The number of hydrogen-bond acceptors (Lipinski definition) is 3. The maximum Gasteiger partial charge on any atom is 0.124 e. The summed E-state index contributed by atoms with van der Waals surface area (Å²) in [4.78, 5) is 0. The SMILES string of the molecule is Nc1cccc(C2CCNc3ccnn32)c1. The summed E-state index contributed by atoms with van der Waals surface area (Å²) in [7, 11) is 0. The number of aromatic nitrogens is 2. The van der Waals surface area contributed by atoms with E-state index in [0.29, 0.717) is 6.04 Å². The fourth-order valence-corrected chi connectivity index (χ4v) is 2.24. The quantitative estimate of drug-likeness (QED) is 0.712. The van der Waals surface area contributed by atoms with Crippen LogP contribution in [-0.2, 0) is 0 Å². The zero-order chi connectivity index (χ0) is 11.0. The smallest absolute Gasteiger partial charge is 0.124 e. The lowest BCUT2D eigenvalue weighted by Gasteiger charge is -2.26. The number of benzene rings is 1. The summed E-state index contributed by atoms with van der Waals surface area (Å²) >= 11 is 0. The molecule has 4 heteroatoms. The predicted molar refractivity (Wildman–Crippen MR) is 64.3 cm³/mol. The molecule has 0 amide bonds. The molecule has 0 saturated carbocycles. The summed E-state index contributed by atoms with van der Waals surface area (Å²) in [5, 5.41) is 7.68. The number of fused-ring (bicyclic) bond motifs is 1. The molecule has 0 bridgehead atoms. The van der Waals surface area contributed by atoms with Gasteiger partial charge in [-0.2, -0.15) is 5.10 Å². The van der Waals surface area contributed by atoms with Crippen molar-refractivity contribution in [3.8, 4) is 0 Å². The van der Waals surface area contributed by atoms with Crippen LogP contribution in [0.1, 0.15) is 18.0 Å². The zero-order valence-electron chi connectivity index (χ0n) is 8.93. The Labute approximate surface area is 94.1 Å². The topological polar surface area (TPSA) is 55.9 Å². The molecule has 0 aliphatic carbocycles. The van der Waals surface area contributed by atoms with Gasteiger partial charge in [-0.05, 0) is 24.1 Å². The molecule has 0 spiro atoms. The van der Waals surface area contributed by atoms with Crippen LogP contribution in [0.4, 0.5) is 11.5 Å². The standard InChI is InChI=1S/C12H14N4/c13-10-3-1-2-9(8-10)11-4-6-14-12-5-7-15-16(11)12/h1-3,5,7-8,11,14H,4,6,13H2. The summed E-state index contributed by atoms with van der Waals surface area (Å²) in [5.74, 6) is 1.08. The highest BCUT2D eigenvalue weighted by Crippen LogP contribution is 2.29. The normalized spacial score (nSPS) is 18.9. The third-order valence-corrected chi connectivity index (χ3v) is 2.98. The van der Waals surface area contributed by atoms with Crippen molar-refractivity contribution in [2.24, 2.45) is 0 Å². The molecule has 1 unspecified atom stereocenters. The van der Waals surface area contributed by atoms with Crippen molar-refractivity contribution in [1.29, 1.82) is 0 Å². The first-order valence-electron chi connectivity index (χ1n) is 5.47. The van der Waals surface area contributed by atoms with E-state index < -0.39 is 0 Å². The number of nitrogen functional groups attached to an aromatic ring is 1. The Morgan fingerprint density at radius 1 is 1.38 bits per heavy atom. The lowest BCUT2D eigenvalue weighted by atomic mass is 10.0. The van der Waals surface area contributed by atoms with Crippen LogP contribution in [0.2, 0.25) is 0 Å². The Balaban J connectivity index is 2.04. The van der Waals surface area contributed by atoms with E-state index in [-0.39, 0.29) is 0 Å². The summed E-state index contributed by atoms with van der Waals surface area (Å²) in [6, 6.07) is 10.3. The van der Waals surface area contributed by atoms with Crippen LogP contribution in [-0.4, -0.2) is 16.3 Å². The van der Waals surface area contributed by atoms with Crippen LogP contribution in [0, 0.1) is 0 Å². The van der Waals surface area contributed by atoms with E-state index in [1.165, 1.54) is 5.56 Å². The van der Waals surface area contributed by atoms with E-state index in [0.717, 1.165) is 24.5 Å². The van der Waals surface area contributed by atoms with Gasteiger partial charge in [0.1, 0.15) is 5.82 Å². The van der Waals surface area contributed by atoms with Crippen LogP contribution in [0.5, 0.6) is 0 Å². The molecule has 1 aliphatic rings. The van der Waals surface area contributed by atoms with Crippen molar-refractivity contribution in [2.75, 3.05) is 17.6 Å². The molecule has 2 aromatic rings. The van der Waals surface area contributed by atoms with Gasteiger partial charge in [0, 0.05) is 18.3 Å². The Morgan fingerprint density at radius 3 is 3.19 bits per heavy atom. The predicted octanol–water partition coefficient (Wildman–Crippen LogP) is 1.87. The maximum absolute atomic E-state index is 5.82. The molecule has 4 nitrogen and oxygen atoms in total. The number of nitrogens with two attached hydrogens (primary N) is 1. The fourth-order valence-electron chi connectivity index (χ4n) is 2.24. The molecule has 1 aromatic carbocycles. The van der Waals surface area contributed by atoms with E-state index in [1.54, 1.807) is 0 Å². The molecule has 1 aliphatic heterocycles. The van der Waals surface area contributed by atoms with Crippen molar-refractivity contribution >= 4 is 11.5 Å². The average molecular weight is 214 g/mol. The third kappa shape index (κ3) is 1.43. The van der Waals surface area contributed by atoms with Crippen molar-refractivity contribution < 1.29 is 0 Å². The van der Waals surface area contributed by atoms with Gasteiger partial charge in [0.25, 0.3) is 0 Å². The van der Waals surface area contributed by atoms with E-state index in [1.807, 2.05) is 35.1 Å². The molecule has 16 heavy (non-hydrogen) atoms. The number of nitrogens with one attached hydrogen (secondary N) is 1. The van der Waals surface area contributed by atoms with Gasteiger partial charge < -0.3 is 11.1 Å². The Hall–Kier alpha value is -1.97. The monoisotopic (exact) mass is 214 g/mol. The summed E-state index contributed by atoms with van der Waals surface area (Å²) in [5.41, 5.74) is 7.85. The molecule has 3 rings (SSSR count). The maximum atomic E-state index is 5.82. The number of hydrogen-bond donors (Lipinski definition) is 2. The van der Waals surface area contributed by atoms with E-state index in [2.05, 4.69) is 16.5 Å². The second-order valence-corrected chi connectivity index (χ2v) is 4.06. The van der Waals surface area contributed by atoms with Gasteiger partial charge in [0.15, 0.2) is 0 Å². The highest BCUT2D eigenvalue weighted by Gasteiger charge is 2.21. The third-order valence-electron chi connectivity index (χ3n) is 2.98. The van der Waals surface area contributed by atoms with Gasteiger partial charge in [0.2, 0.25) is 0 Å². The van der Waals surface area contributed by atoms with Gasteiger partial charge >= 0.3 is 0 Å². The van der Waals surface area contributed by atoms with E-state index in [9.17, 15) is 0 Å². The second-order valence-electron chi connectivity index (χ2n) is 4.06. The van der Waals surface area contributed by atoms with Crippen LogP contribution in [0.15, 0.2) is 36.5 Å². The molecule has 0 radical (unpaired) electrons. The van der Waals surface area contributed by atoms with Crippen LogP contribution < -0.4 is 11.1 Å². The molecular weight excluding hydrogens is 200 g/mol. The average Bonchev–Trinajstić information content (AvgIpc) is 2.76. The lowest BCUT2D eigenvalue weighted by Crippen LogP contribution is -2.24. The van der Waals surface area contributed by atoms with Crippen molar-refractivity contribution in [3.05, 3.63) is 42.1 Å². The first-order chi connectivity index (χ1) is 7.84. The van der Waals surface area contributed by atoms with Gasteiger partial charge in [-0.25, -0.2) is 4.68 Å². The second kappa shape index (κ2) is 3.56. The van der Waals surface area contributed by atoms with Gasteiger partial charge in [-0.15, -0.1) is 0 Å². The van der Waals surface area contributed by atoms with Crippen molar-refractivity contribution in [1.82, 2.24) is 9.78 Å². The fraction of sp³-hybridized carbons (Fsp3) is 0.250. The van der Waals surface area contributed by atoms with Crippen LogP contribution in [0.25, 0.3) is 0 Å². The summed E-state index contributed by atoms with van der Waals surface area (Å²) < 4.78 is 2.03. The number of rotatable bonds is 1. The summed E-state index contributed by atoms with van der Waals surface area (Å²) in [6.45, 7) is 0.977. The minimum absolute atomic E-state index is 0.301. The highest BCUT2D eigenvalue weighted by atomic mass is 15.4. The highest BCUT2D eigenvalue weighted by molar-refractivity contribution is 5.44. The molecule has 2 heterocycles. The Kier molecular flexibility index (Phi) is 2.06. The van der Waals surface area contributed by atoms with Crippen LogP contribution in [0.3, 0.4) is 0 Å². The zero-order valence-corrected chi connectivity index (χ0v) is 8.93. The van der Waals surface area contributed by atoms with E-state index in [4.69, 9.17) is 5.73 Å². The van der Waals surface area contributed by atoms with E-state index >= 15 is 0 Å². The lowest BCUT2D eigenvalue weighted by molar-refractivity contribution is 0.482. The molecule has 82 valence electrons. The first kappa shape index (κ1) is 9.27. The number of nitrogens with zero attached hydrogens (tertiary/aromatic N) is 2. The molecule has 1 atom stereocenters. The van der Waals surface area contributed by atoms with Gasteiger partial charge in [-0.3, -0.25) is 0 Å². The molecular formula is C12H14N4. The summed E-state index contributed by atoms with van der Waals surface area (Å²) in [6.07, 6.45) is 2.87. The van der Waals surface area contributed by atoms with Gasteiger partial charge in [-0.1, -0.05) is 12.1 Å². The van der Waals surface area contributed by atoms with Gasteiger partial charge in [0.05, 0.1) is 12.2 Å². The molecule has 1 aromatic heterocycles. The van der Waals surface area contributed by atoms with Crippen molar-refractivity contribution in [2.45, 2.75) is 12.5 Å². The Morgan fingerprint density at radius 2 is 2.31 bits per heavy atom. The molecule has 0 fully saturated rings.